The highest BCUT2D eigenvalue weighted by molar-refractivity contribution is 5.90. The number of hydrogen-bond acceptors (Lipinski definition) is 4. The van der Waals surface area contributed by atoms with Gasteiger partial charge in [-0.2, -0.15) is 0 Å². The van der Waals surface area contributed by atoms with Gasteiger partial charge in [0.05, 0.1) is 5.76 Å². The van der Waals surface area contributed by atoms with E-state index in [1.165, 1.54) is 12.2 Å². The first-order chi connectivity index (χ1) is 7.06. The first-order valence-electron chi connectivity index (χ1n) is 4.13. The van der Waals surface area contributed by atoms with Crippen LogP contribution in [0.15, 0.2) is 36.6 Å². The third-order valence-electron chi connectivity index (χ3n) is 1.26. The van der Waals surface area contributed by atoms with Gasteiger partial charge >= 0.3 is 11.9 Å². The van der Waals surface area contributed by atoms with E-state index in [0.29, 0.717) is 12.5 Å². The molecule has 0 saturated carbocycles. The fourth-order valence-corrected chi connectivity index (χ4v) is 0.639. The molecule has 82 valence electrons. The largest absolute Gasteiger partial charge is 0.512 e. The number of aliphatic carboxylic acids is 1. The average Bonchev–Trinajstić information content (AvgIpc) is 2.15. The van der Waals surface area contributed by atoms with Gasteiger partial charge < -0.3 is 14.9 Å². The molecule has 0 aliphatic heterocycles. The summed E-state index contributed by atoms with van der Waals surface area (Å²) in [5.41, 5.74) is 0. The number of aliphatic hydroxyl groups excluding tert-OH is 1. The molecule has 0 aliphatic carbocycles. The molecule has 0 amide bonds. The predicted octanol–water partition coefficient (Wildman–Crippen LogP) is 1.19. The molecule has 0 fully saturated rings. The molecule has 0 aromatic carbocycles. The van der Waals surface area contributed by atoms with E-state index in [1.807, 2.05) is 0 Å². The summed E-state index contributed by atoms with van der Waals surface area (Å²) in [5.74, 6) is -1.96. The molecule has 0 atom stereocenters. The van der Waals surface area contributed by atoms with Crippen LogP contribution in [0.4, 0.5) is 0 Å². The number of ether oxygens (including phenoxy) is 1. The molecule has 2 N–H and O–H groups in total. The number of aliphatic hydroxyl groups is 1. The van der Waals surface area contributed by atoms with Crippen LogP contribution in [0.5, 0.6) is 0 Å². The fourth-order valence-electron chi connectivity index (χ4n) is 0.639. The monoisotopic (exact) mass is 212 g/mol. The normalized spacial score (nSPS) is 11.3. The Balaban J connectivity index is 3.86. The molecular formula is C10H12O5. The number of hydrogen-bond donors (Lipinski definition) is 2. The van der Waals surface area contributed by atoms with Crippen molar-refractivity contribution in [3.63, 3.8) is 0 Å². The fraction of sp³-hybridized carbons (Fsp3) is 0.200. The summed E-state index contributed by atoms with van der Waals surface area (Å²) in [6, 6.07) is 0. The van der Waals surface area contributed by atoms with Gasteiger partial charge in [-0.25, -0.2) is 9.59 Å². The summed E-state index contributed by atoms with van der Waals surface area (Å²) >= 11 is 0. The zero-order chi connectivity index (χ0) is 11.7. The molecule has 0 heterocycles. The van der Waals surface area contributed by atoms with Crippen LogP contribution in [0.25, 0.3) is 0 Å². The van der Waals surface area contributed by atoms with E-state index >= 15 is 0 Å². The van der Waals surface area contributed by atoms with Gasteiger partial charge in [0.15, 0.2) is 0 Å². The van der Waals surface area contributed by atoms with E-state index in [9.17, 15) is 9.59 Å². The van der Waals surface area contributed by atoms with Crippen LogP contribution in [0.2, 0.25) is 0 Å². The molecule has 0 spiro atoms. The molecule has 0 aromatic heterocycles. The Morgan fingerprint density at radius 1 is 1.27 bits per heavy atom. The minimum atomic E-state index is -1.23. The highest BCUT2D eigenvalue weighted by Gasteiger charge is 1.97. The average molecular weight is 212 g/mol. The summed E-state index contributed by atoms with van der Waals surface area (Å²) < 4.78 is 4.55. The van der Waals surface area contributed by atoms with E-state index in [2.05, 4.69) is 11.3 Å². The number of carbonyl (C=O) groups excluding carboxylic acids is 1. The van der Waals surface area contributed by atoms with Crippen LogP contribution in [-0.4, -0.2) is 28.8 Å². The summed E-state index contributed by atoms with van der Waals surface area (Å²) in [4.78, 5) is 20.8. The second-order valence-electron chi connectivity index (χ2n) is 2.49. The van der Waals surface area contributed by atoms with Crippen LogP contribution in [0.1, 0.15) is 6.42 Å². The van der Waals surface area contributed by atoms with Crippen LogP contribution >= 0.6 is 0 Å². The van der Waals surface area contributed by atoms with Crippen LogP contribution in [0.3, 0.4) is 0 Å². The maximum absolute atomic E-state index is 10.8. The van der Waals surface area contributed by atoms with Crippen molar-refractivity contribution in [2.24, 2.45) is 0 Å². The highest BCUT2D eigenvalue weighted by atomic mass is 16.5. The zero-order valence-corrected chi connectivity index (χ0v) is 8.05. The van der Waals surface area contributed by atoms with Crippen molar-refractivity contribution >= 4 is 11.9 Å². The number of esters is 1. The summed E-state index contributed by atoms with van der Waals surface area (Å²) in [6.07, 6.45) is 4.56. The second kappa shape index (κ2) is 7.37. The molecular weight excluding hydrogens is 200 g/mol. The van der Waals surface area contributed by atoms with Crippen molar-refractivity contribution < 1.29 is 24.5 Å². The standard InChI is InChI=1S/C10H12O5/c1-2-3-8(11)6-7-15-10(14)5-4-9(12)13/h2,4-6,11H,1,3,7H2,(H,12,13). The first kappa shape index (κ1) is 13.0. The molecule has 0 radical (unpaired) electrons. The van der Waals surface area contributed by atoms with Crippen molar-refractivity contribution in [3.05, 3.63) is 36.6 Å². The van der Waals surface area contributed by atoms with E-state index in [-0.39, 0.29) is 12.4 Å². The van der Waals surface area contributed by atoms with E-state index in [1.54, 1.807) is 0 Å². The SMILES string of the molecule is C=CCC(O)=CCOC(=O)C=CC(=O)O. The summed E-state index contributed by atoms with van der Waals surface area (Å²) in [7, 11) is 0. The van der Waals surface area contributed by atoms with E-state index < -0.39 is 11.9 Å². The van der Waals surface area contributed by atoms with Gasteiger partial charge in [-0.1, -0.05) is 6.08 Å². The third-order valence-corrected chi connectivity index (χ3v) is 1.26. The van der Waals surface area contributed by atoms with Gasteiger partial charge in [0.1, 0.15) is 6.61 Å². The third kappa shape index (κ3) is 8.29. The molecule has 0 aliphatic rings. The molecule has 0 saturated heterocycles. The van der Waals surface area contributed by atoms with Gasteiger partial charge in [-0.05, 0) is 6.08 Å². The number of rotatable bonds is 6. The smallest absolute Gasteiger partial charge is 0.331 e. The predicted molar refractivity (Wildman–Crippen MR) is 53.3 cm³/mol. The maximum Gasteiger partial charge on any atom is 0.331 e. The first-order valence-corrected chi connectivity index (χ1v) is 4.13. The Morgan fingerprint density at radius 3 is 2.47 bits per heavy atom. The topological polar surface area (TPSA) is 83.8 Å². The Labute approximate surface area is 87.0 Å². The number of carbonyl (C=O) groups is 2. The zero-order valence-electron chi connectivity index (χ0n) is 8.05. The minimum absolute atomic E-state index is 0.0417. The van der Waals surface area contributed by atoms with Gasteiger partial charge in [0.25, 0.3) is 0 Å². The van der Waals surface area contributed by atoms with Crippen LogP contribution < -0.4 is 0 Å². The molecule has 0 rings (SSSR count). The Bertz CT molecular complexity index is 301. The van der Waals surface area contributed by atoms with Gasteiger partial charge in [-0.3, -0.25) is 0 Å². The molecule has 15 heavy (non-hydrogen) atoms. The molecule has 5 nitrogen and oxygen atoms in total. The lowest BCUT2D eigenvalue weighted by Crippen LogP contribution is -2.02. The Kier molecular flexibility index (Phi) is 6.37. The van der Waals surface area contributed by atoms with Gasteiger partial charge in [-0.15, -0.1) is 6.58 Å². The molecule has 5 heteroatoms. The molecule has 0 bridgehead atoms. The lowest BCUT2D eigenvalue weighted by atomic mass is 10.3. The number of carboxylic acid groups (broad SMARTS) is 1. The lowest BCUT2D eigenvalue weighted by molar-refractivity contribution is -0.137. The maximum atomic E-state index is 10.8. The summed E-state index contributed by atoms with van der Waals surface area (Å²) in [6.45, 7) is 3.30. The minimum Gasteiger partial charge on any atom is -0.512 e. The van der Waals surface area contributed by atoms with Crippen LogP contribution in [0, 0.1) is 0 Å². The Morgan fingerprint density at radius 2 is 1.93 bits per heavy atom. The Hall–Kier alpha value is -2.04. The second-order valence-corrected chi connectivity index (χ2v) is 2.49. The van der Waals surface area contributed by atoms with Crippen molar-refractivity contribution in [1.29, 1.82) is 0 Å². The van der Waals surface area contributed by atoms with Crippen molar-refractivity contribution in [2.45, 2.75) is 6.42 Å². The van der Waals surface area contributed by atoms with Crippen molar-refractivity contribution in [3.8, 4) is 0 Å². The van der Waals surface area contributed by atoms with Crippen LogP contribution in [-0.2, 0) is 14.3 Å². The number of carboxylic acids is 1. The van der Waals surface area contributed by atoms with Gasteiger partial charge in [0.2, 0.25) is 0 Å². The van der Waals surface area contributed by atoms with Crippen molar-refractivity contribution in [2.75, 3.05) is 6.61 Å². The van der Waals surface area contributed by atoms with E-state index in [4.69, 9.17) is 10.2 Å². The number of allylic oxidation sites excluding steroid dienone is 1. The van der Waals surface area contributed by atoms with Gasteiger partial charge in [0, 0.05) is 18.6 Å². The summed E-state index contributed by atoms with van der Waals surface area (Å²) in [5, 5.41) is 17.3. The molecule has 0 unspecified atom stereocenters. The highest BCUT2D eigenvalue weighted by Crippen LogP contribution is 1.96. The van der Waals surface area contributed by atoms with E-state index in [0.717, 1.165) is 6.08 Å². The lowest BCUT2D eigenvalue weighted by Gasteiger charge is -1.97. The quantitative estimate of drug-likeness (QED) is 0.299. The van der Waals surface area contributed by atoms with Crippen molar-refractivity contribution in [1.82, 2.24) is 0 Å². The molecule has 0 aromatic rings.